The molecule has 0 aliphatic heterocycles. The fourth-order valence-electron chi connectivity index (χ4n) is 3.44. The molecule has 0 aliphatic rings. The van der Waals surface area contributed by atoms with Gasteiger partial charge in [-0.15, -0.1) is 0 Å². The second-order valence-electron chi connectivity index (χ2n) is 6.71. The Morgan fingerprint density at radius 1 is 0.720 bits per heavy atom. The summed E-state index contributed by atoms with van der Waals surface area (Å²) >= 11 is 0. The Hall–Kier alpha value is -2.38. The molecule has 0 aliphatic carbocycles. The third-order valence-corrected chi connectivity index (χ3v) is 4.50. The van der Waals surface area contributed by atoms with E-state index in [0.29, 0.717) is 12.5 Å². The normalized spacial score (nSPS) is 11.0. The summed E-state index contributed by atoms with van der Waals surface area (Å²) in [5.41, 5.74) is 6.55. The van der Waals surface area contributed by atoms with Crippen molar-refractivity contribution < 1.29 is 4.74 Å². The lowest BCUT2D eigenvalue weighted by Gasteiger charge is -2.18. The third kappa shape index (κ3) is 5.04. The van der Waals surface area contributed by atoms with Gasteiger partial charge in [0.05, 0.1) is 6.61 Å². The smallest absolute Gasteiger partial charge is 0.0717 e. The van der Waals surface area contributed by atoms with Crippen molar-refractivity contribution in [2.24, 2.45) is 0 Å². The van der Waals surface area contributed by atoms with Crippen LogP contribution in [0, 0.1) is 13.8 Å². The SMILES string of the molecule is Cc1cc(C)cc(COCCC(c2ccccc2)c2ccccc2)c1. The average molecular weight is 330 g/mol. The molecule has 0 unspecified atom stereocenters. The molecular weight excluding hydrogens is 304 g/mol. The zero-order chi connectivity index (χ0) is 17.5. The number of rotatable bonds is 7. The van der Waals surface area contributed by atoms with Gasteiger partial charge in [-0.2, -0.15) is 0 Å². The topological polar surface area (TPSA) is 9.23 Å². The molecule has 0 bridgehead atoms. The number of hydrogen-bond acceptors (Lipinski definition) is 1. The molecule has 25 heavy (non-hydrogen) atoms. The van der Waals surface area contributed by atoms with Crippen LogP contribution in [0.4, 0.5) is 0 Å². The lowest BCUT2D eigenvalue weighted by molar-refractivity contribution is 0.116. The van der Waals surface area contributed by atoms with Crippen molar-refractivity contribution in [1.82, 2.24) is 0 Å². The van der Waals surface area contributed by atoms with Crippen LogP contribution >= 0.6 is 0 Å². The Morgan fingerprint density at radius 3 is 1.76 bits per heavy atom. The fourth-order valence-corrected chi connectivity index (χ4v) is 3.44. The zero-order valence-electron chi connectivity index (χ0n) is 15.1. The predicted molar refractivity (Wildman–Crippen MR) is 105 cm³/mol. The molecule has 0 fully saturated rings. The van der Waals surface area contributed by atoms with Crippen molar-refractivity contribution in [2.45, 2.75) is 32.8 Å². The first kappa shape index (κ1) is 17.4. The Bertz CT molecular complexity index is 718. The Labute approximate surface area is 151 Å². The van der Waals surface area contributed by atoms with E-state index in [1.165, 1.54) is 27.8 Å². The highest BCUT2D eigenvalue weighted by molar-refractivity contribution is 5.32. The summed E-state index contributed by atoms with van der Waals surface area (Å²) in [5, 5.41) is 0. The van der Waals surface area contributed by atoms with E-state index in [2.05, 4.69) is 92.7 Å². The van der Waals surface area contributed by atoms with E-state index in [0.717, 1.165) is 13.0 Å². The van der Waals surface area contributed by atoms with Gasteiger partial charge in [0.1, 0.15) is 0 Å². The van der Waals surface area contributed by atoms with Crippen LogP contribution in [0.15, 0.2) is 78.9 Å². The molecule has 0 amide bonds. The van der Waals surface area contributed by atoms with Crippen molar-refractivity contribution in [3.63, 3.8) is 0 Å². The van der Waals surface area contributed by atoms with Gasteiger partial charge in [0.2, 0.25) is 0 Å². The summed E-state index contributed by atoms with van der Waals surface area (Å²) in [7, 11) is 0. The van der Waals surface area contributed by atoms with Crippen LogP contribution in [0.3, 0.4) is 0 Å². The maximum Gasteiger partial charge on any atom is 0.0717 e. The van der Waals surface area contributed by atoms with E-state index < -0.39 is 0 Å². The average Bonchev–Trinajstić information content (AvgIpc) is 2.62. The number of ether oxygens (including phenoxy) is 1. The van der Waals surface area contributed by atoms with Gasteiger partial charge in [-0.1, -0.05) is 90.0 Å². The van der Waals surface area contributed by atoms with Crippen LogP contribution in [0.2, 0.25) is 0 Å². The lowest BCUT2D eigenvalue weighted by Crippen LogP contribution is -2.06. The summed E-state index contributed by atoms with van der Waals surface area (Å²) in [6, 6.07) is 28.0. The molecular formula is C24H26O. The van der Waals surface area contributed by atoms with Gasteiger partial charge in [-0.3, -0.25) is 0 Å². The van der Waals surface area contributed by atoms with E-state index in [-0.39, 0.29) is 0 Å². The monoisotopic (exact) mass is 330 g/mol. The minimum atomic E-state index is 0.377. The molecule has 0 N–H and O–H groups in total. The molecule has 0 saturated heterocycles. The molecule has 3 aromatic carbocycles. The predicted octanol–water partition coefficient (Wildman–Crippen LogP) is 6.04. The Morgan fingerprint density at radius 2 is 1.24 bits per heavy atom. The van der Waals surface area contributed by atoms with Crippen LogP contribution in [-0.2, 0) is 11.3 Å². The van der Waals surface area contributed by atoms with Gasteiger partial charge in [0.25, 0.3) is 0 Å². The highest BCUT2D eigenvalue weighted by atomic mass is 16.5. The first-order chi connectivity index (χ1) is 12.2. The van der Waals surface area contributed by atoms with Crippen molar-refractivity contribution in [3.05, 3.63) is 107 Å². The minimum Gasteiger partial charge on any atom is -0.377 e. The third-order valence-electron chi connectivity index (χ3n) is 4.50. The van der Waals surface area contributed by atoms with E-state index >= 15 is 0 Å². The van der Waals surface area contributed by atoms with Gasteiger partial charge in [0, 0.05) is 12.5 Å². The van der Waals surface area contributed by atoms with E-state index in [9.17, 15) is 0 Å². The maximum absolute atomic E-state index is 6.00. The largest absolute Gasteiger partial charge is 0.377 e. The fraction of sp³-hybridized carbons (Fsp3) is 0.250. The van der Waals surface area contributed by atoms with Crippen LogP contribution in [-0.4, -0.2) is 6.61 Å². The van der Waals surface area contributed by atoms with Crippen molar-refractivity contribution in [2.75, 3.05) is 6.61 Å². The molecule has 0 aromatic heterocycles. The molecule has 3 aromatic rings. The van der Waals surface area contributed by atoms with Crippen LogP contribution < -0.4 is 0 Å². The molecule has 0 atom stereocenters. The second kappa shape index (κ2) is 8.64. The van der Waals surface area contributed by atoms with Gasteiger partial charge >= 0.3 is 0 Å². The minimum absolute atomic E-state index is 0.377. The lowest BCUT2D eigenvalue weighted by atomic mass is 9.89. The first-order valence-electron chi connectivity index (χ1n) is 8.97. The molecule has 0 heterocycles. The number of benzene rings is 3. The summed E-state index contributed by atoms with van der Waals surface area (Å²) in [6.07, 6.45) is 0.985. The first-order valence-corrected chi connectivity index (χ1v) is 8.97. The maximum atomic E-state index is 6.00. The zero-order valence-corrected chi connectivity index (χ0v) is 15.1. The molecule has 1 nitrogen and oxygen atoms in total. The Balaban J connectivity index is 1.63. The molecule has 0 radical (unpaired) electrons. The molecule has 1 heteroatoms. The molecule has 0 saturated carbocycles. The number of hydrogen-bond donors (Lipinski definition) is 0. The van der Waals surface area contributed by atoms with Crippen LogP contribution in [0.25, 0.3) is 0 Å². The summed E-state index contributed by atoms with van der Waals surface area (Å²) in [5.74, 6) is 0.377. The summed E-state index contributed by atoms with van der Waals surface area (Å²) in [6.45, 7) is 5.70. The van der Waals surface area contributed by atoms with Gasteiger partial charge in [0.15, 0.2) is 0 Å². The van der Waals surface area contributed by atoms with Gasteiger partial charge in [-0.05, 0) is 37.0 Å². The standard InChI is InChI=1S/C24H26O/c1-19-15-20(2)17-21(16-19)18-25-14-13-24(22-9-5-3-6-10-22)23-11-7-4-8-12-23/h3-12,15-17,24H,13-14,18H2,1-2H3. The van der Waals surface area contributed by atoms with Crippen molar-refractivity contribution in [1.29, 1.82) is 0 Å². The molecule has 0 spiro atoms. The Kier molecular flexibility index (Phi) is 6.03. The second-order valence-corrected chi connectivity index (χ2v) is 6.71. The van der Waals surface area contributed by atoms with Crippen LogP contribution in [0.5, 0.6) is 0 Å². The van der Waals surface area contributed by atoms with Crippen molar-refractivity contribution in [3.8, 4) is 0 Å². The van der Waals surface area contributed by atoms with E-state index in [1.54, 1.807) is 0 Å². The van der Waals surface area contributed by atoms with E-state index in [1.807, 2.05) is 0 Å². The number of aryl methyl sites for hydroxylation is 2. The van der Waals surface area contributed by atoms with Crippen molar-refractivity contribution >= 4 is 0 Å². The highest BCUT2D eigenvalue weighted by Gasteiger charge is 2.13. The molecule has 3 rings (SSSR count). The molecule has 128 valence electrons. The van der Waals surface area contributed by atoms with E-state index in [4.69, 9.17) is 4.74 Å². The summed E-state index contributed by atoms with van der Waals surface area (Å²) < 4.78 is 6.00. The quantitative estimate of drug-likeness (QED) is 0.480. The van der Waals surface area contributed by atoms with Crippen LogP contribution in [0.1, 0.15) is 40.2 Å². The summed E-state index contributed by atoms with van der Waals surface area (Å²) in [4.78, 5) is 0. The van der Waals surface area contributed by atoms with Gasteiger partial charge in [-0.25, -0.2) is 0 Å². The van der Waals surface area contributed by atoms with Gasteiger partial charge < -0.3 is 4.74 Å². The highest BCUT2D eigenvalue weighted by Crippen LogP contribution is 2.27.